The largest absolute Gasteiger partial charge is 0.399 e. The van der Waals surface area contributed by atoms with E-state index in [2.05, 4.69) is 75.8 Å². The lowest BCUT2D eigenvalue weighted by Gasteiger charge is -2.35. The summed E-state index contributed by atoms with van der Waals surface area (Å²) in [6, 6.07) is 28.7. The summed E-state index contributed by atoms with van der Waals surface area (Å²) in [5, 5.41) is 3.02. The lowest BCUT2D eigenvalue weighted by atomic mass is 9.88. The molecule has 0 bridgehead atoms. The van der Waals surface area contributed by atoms with Crippen LogP contribution >= 0.6 is 37.2 Å². The van der Waals surface area contributed by atoms with E-state index in [0.29, 0.717) is 23.7 Å². The van der Waals surface area contributed by atoms with E-state index >= 15 is 0 Å². The summed E-state index contributed by atoms with van der Waals surface area (Å²) in [5.74, 6) is 0.385. The predicted octanol–water partition coefficient (Wildman–Crippen LogP) is 5.10. The van der Waals surface area contributed by atoms with Gasteiger partial charge in [0.25, 0.3) is 5.91 Å². The molecule has 1 amide bonds. The molecule has 1 saturated heterocycles. The van der Waals surface area contributed by atoms with Crippen molar-refractivity contribution in [3.63, 3.8) is 0 Å². The second kappa shape index (κ2) is 16.5. The monoisotopic (exact) mass is 550 g/mol. The molecule has 0 aromatic heterocycles. The highest BCUT2D eigenvalue weighted by molar-refractivity contribution is 5.94. The first kappa shape index (κ1) is 31.7. The van der Waals surface area contributed by atoms with Crippen LogP contribution < -0.4 is 11.1 Å². The van der Waals surface area contributed by atoms with E-state index in [-0.39, 0.29) is 43.1 Å². The second-order valence-corrected chi connectivity index (χ2v) is 8.72. The zero-order valence-electron chi connectivity index (χ0n) is 20.4. The van der Waals surface area contributed by atoms with Gasteiger partial charge in [0.15, 0.2) is 0 Å². The fourth-order valence-corrected chi connectivity index (χ4v) is 4.51. The van der Waals surface area contributed by atoms with Crippen LogP contribution in [0, 0.1) is 0 Å². The highest BCUT2D eigenvalue weighted by Gasteiger charge is 2.20. The minimum atomic E-state index is -0.0403. The van der Waals surface area contributed by atoms with Crippen LogP contribution in [-0.4, -0.2) is 61.5 Å². The molecule has 0 unspecified atom stereocenters. The maximum atomic E-state index is 12.3. The fourth-order valence-electron chi connectivity index (χ4n) is 4.51. The van der Waals surface area contributed by atoms with Crippen LogP contribution in [-0.2, 0) is 0 Å². The average Bonchev–Trinajstić information content (AvgIpc) is 2.87. The quantitative estimate of drug-likeness (QED) is 0.363. The molecule has 3 N–H and O–H groups in total. The number of hydrogen-bond acceptors (Lipinski definition) is 4. The molecule has 5 nitrogen and oxygen atoms in total. The van der Waals surface area contributed by atoms with E-state index < -0.39 is 0 Å². The zero-order valence-corrected chi connectivity index (χ0v) is 22.9. The normalized spacial score (nSPS) is 13.7. The Morgan fingerprint density at radius 1 is 0.722 bits per heavy atom. The average molecular weight is 552 g/mol. The standard InChI is InChI=1S/C28H34N4O.3ClH/c29-26-13-11-25(12-14-26)28(33)30-16-18-32-21-19-31(20-22-32)17-15-27(23-7-3-1-4-8-23)24-9-5-2-6-10-24;;;/h1-14,27H,15-22,29H2,(H,30,33);3*1H. The highest BCUT2D eigenvalue weighted by atomic mass is 35.5. The van der Waals surface area contributed by atoms with E-state index in [0.717, 1.165) is 45.7 Å². The van der Waals surface area contributed by atoms with Crippen LogP contribution in [0.25, 0.3) is 0 Å². The topological polar surface area (TPSA) is 61.6 Å². The van der Waals surface area contributed by atoms with E-state index in [1.807, 2.05) is 0 Å². The molecule has 0 radical (unpaired) electrons. The summed E-state index contributed by atoms with van der Waals surface area (Å²) in [6.45, 7) is 6.86. The Bertz CT molecular complexity index is 959. The van der Waals surface area contributed by atoms with Gasteiger partial charge in [-0.05, 0) is 48.4 Å². The number of nitrogens with two attached hydrogens (primary N) is 1. The Balaban J connectivity index is 0.00000216. The number of rotatable bonds is 9. The number of nitrogen functional groups attached to an aromatic ring is 1. The molecule has 1 fully saturated rings. The molecule has 8 heteroatoms. The Kier molecular flexibility index (Phi) is 14.5. The van der Waals surface area contributed by atoms with Crippen molar-refractivity contribution in [1.82, 2.24) is 15.1 Å². The molecule has 4 rings (SSSR count). The van der Waals surface area contributed by atoms with Crippen molar-refractivity contribution in [2.45, 2.75) is 12.3 Å². The van der Waals surface area contributed by atoms with Crippen LogP contribution in [0.15, 0.2) is 84.9 Å². The third-order valence-corrected chi connectivity index (χ3v) is 6.49. The maximum absolute atomic E-state index is 12.3. The summed E-state index contributed by atoms with van der Waals surface area (Å²) in [4.78, 5) is 17.3. The smallest absolute Gasteiger partial charge is 0.251 e. The van der Waals surface area contributed by atoms with Gasteiger partial charge in [0.05, 0.1) is 0 Å². The van der Waals surface area contributed by atoms with Crippen LogP contribution in [0.5, 0.6) is 0 Å². The van der Waals surface area contributed by atoms with Gasteiger partial charge in [-0.2, -0.15) is 0 Å². The highest BCUT2D eigenvalue weighted by Crippen LogP contribution is 2.28. The van der Waals surface area contributed by atoms with Gasteiger partial charge in [-0.3, -0.25) is 9.69 Å². The number of piperazine rings is 1. The minimum Gasteiger partial charge on any atom is -0.399 e. The minimum absolute atomic E-state index is 0. The summed E-state index contributed by atoms with van der Waals surface area (Å²) < 4.78 is 0. The number of halogens is 3. The van der Waals surface area contributed by atoms with Crippen LogP contribution in [0.1, 0.15) is 33.8 Å². The zero-order chi connectivity index (χ0) is 22.9. The second-order valence-electron chi connectivity index (χ2n) is 8.72. The van der Waals surface area contributed by atoms with Gasteiger partial charge < -0.3 is 16.0 Å². The van der Waals surface area contributed by atoms with E-state index in [9.17, 15) is 4.79 Å². The Morgan fingerprint density at radius 2 is 1.19 bits per heavy atom. The summed E-state index contributed by atoms with van der Waals surface area (Å²) in [7, 11) is 0. The van der Waals surface area contributed by atoms with Gasteiger partial charge in [0.2, 0.25) is 0 Å². The molecule has 0 saturated carbocycles. The van der Waals surface area contributed by atoms with Gasteiger partial charge in [0, 0.05) is 56.4 Å². The maximum Gasteiger partial charge on any atom is 0.251 e. The molecule has 196 valence electrons. The summed E-state index contributed by atoms with van der Waals surface area (Å²) >= 11 is 0. The van der Waals surface area contributed by atoms with Crippen LogP contribution in [0.4, 0.5) is 5.69 Å². The van der Waals surface area contributed by atoms with E-state index in [1.54, 1.807) is 24.3 Å². The lowest BCUT2D eigenvalue weighted by Crippen LogP contribution is -2.48. The van der Waals surface area contributed by atoms with Crippen molar-refractivity contribution in [1.29, 1.82) is 0 Å². The number of anilines is 1. The molecule has 1 heterocycles. The Hall–Kier alpha value is -2.28. The van der Waals surface area contributed by atoms with Gasteiger partial charge in [-0.1, -0.05) is 60.7 Å². The molecular weight excluding hydrogens is 515 g/mol. The van der Waals surface area contributed by atoms with Gasteiger partial charge in [-0.15, -0.1) is 37.2 Å². The van der Waals surface area contributed by atoms with Crippen molar-refractivity contribution in [3.8, 4) is 0 Å². The third kappa shape index (κ3) is 9.30. The van der Waals surface area contributed by atoms with E-state index in [4.69, 9.17) is 5.73 Å². The number of nitrogens with one attached hydrogen (secondary N) is 1. The number of amides is 1. The molecule has 1 aliphatic heterocycles. The first-order chi connectivity index (χ1) is 16.2. The molecular formula is C28H37Cl3N4O. The Morgan fingerprint density at radius 3 is 1.69 bits per heavy atom. The third-order valence-electron chi connectivity index (χ3n) is 6.49. The first-order valence-corrected chi connectivity index (χ1v) is 11.9. The number of nitrogens with zero attached hydrogens (tertiary/aromatic N) is 2. The van der Waals surface area contributed by atoms with Crippen molar-refractivity contribution in [3.05, 3.63) is 102 Å². The van der Waals surface area contributed by atoms with Crippen molar-refractivity contribution < 1.29 is 4.79 Å². The lowest BCUT2D eigenvalue weighted by molar-refractivity contribution is 0.0936. The molecule has 3 aromatic rings. The number of carbonyl (C=O) groups excluding carboxylic acids is 1. The van der Waals surface area contributed by atoms with Crippen molar-refractivity contribution in [2.75, 3.05) is 51.5 Å². The number of hydrogen-bond donors (Lipinski definition) is 2. The molecule has 3 aromatic carbocycles. The molecule has 0 aliphatic carbocycles. The van der Waals surface area contributed by atoms with Gasteiger partial charge >= 0.3 is 0 Å². The first-order valence-electron chi connectivity index (χ1n) is 11.9. The van der Waals surface area contributed by atoms with Crippen LogP contribution in [0.2, 0.25) is 0 Å². The van der Waals surface area contributed by atoms with Gasteiger partial charge in [0.1, 0.15) is 0 Å². The molecule has 1 aliphatic rings. The SMILES string of the molecule is Cl.Cl.Cl.Nc1ccc(C(=O)NCCN2CCN(CCC(c3ccccc3)c3ccccc3)CC2)cc1. The Labute approximate surface area is 233 Å². The van der Waals surface area contributed by atoms with Gasteiger partial charge in [-0.25, -0.2) is 0 Å². The summed E-state index contributed by atoms with van der Waals surface area (Å²) in [5.41, 5.74) is 9.79. The van der Waals surface area contributed by atoms with Crippen molar-refractivity contribution >= 4 is 48.8 Å². The number of benzene rings is 3. The summed E-state index contributed by atoms with van der Waals surface area (Å²) in [6.07, 6.45) is 1.12. The molecule has 0 atom stereocenters. The number of carbonyl (C=O) groups is 1. The molecule has 0 spiro atoms. The predicted molar refractivity (Wildman–Crippen MR) is 157 cm³/mol. The van der Waals surface area contributed by atoms with Crippen LogP contribution in [0.3, 0.4) is 0 Å². The fraction of sp³-hybridized carbons (Fsp3) is 0.321. The van der Waals surface area contributed by atoms with Crippen molar-refractivity contribution in [2.24, 2.45) is 0 Å². The van der Waals surface area contributed by atoms with E-state index in [1.165, 1.54) is 11.1 Å². The molecule has 36 heavy (non-hydrogen) atoms.